The van der Waals surface area contributed by atoms with Crippen LogP contribution in [0.25, 0.3) is 0 Å². The van der Waals surface area contributed by atoms with E-state index >= 15 is 0 Å². The molecule has 17 nitrogen and oxygen atoms in total. The zero-order valence-electron chi connectivity index (χ0n) is 63.4. The first-order chi connectivity index (χ1) is 49.3. The maximum atomic E-state index is 14.3. The van der Waals surface area contributed by atoms with Gasteiger partial charge in [0.1, 0.15) is 34.2 Å². The molecule has 9 aromatic rings. The van der Waals surface area contributed by atoms with Crippen LogP contribution in [0.4, 0.5) is 34.1 Å². The first-order valence-corrected chi connectivity index (χ1v) is 35.7. The number of aryl methyl sites for hydroxylation is 4. The monoisotopic (exact) mass is 1390 g/mol. The van der Waals surface area contributed by atoms with E-state index in [-0.39, 0.29) is 81.5 Å². The third-order valence-electron chi connectivity index (χ3n) is 18.2. The van der Waals surface area contributed by atoms with Crippen molar-refractivity contribution >= 4 is 69.6 Å². The summed E-state index contributed by atoms with van der Waals surface area (Å²) < 4.78 is 0. The van der Waals surface area contributed by atoms with E-state index in [0.29, 0.717) is 34.1 Å². The highest BCUT2D eigenvalue weighted by Crippen LogP contribution is 2.39. The smallest absolute Gasteiger partial charge is 0.274 e. The number of rotatable bonds is 20. The number of carbonyl (C=O) groups is 6. The molecule has 104 heavy (non-hydrogen) atoms. The predicted octanol–water partition coefficient (Wildman–Crippen LogP) is 19.2. The van der Waals surface area contributed by atoms with Gasteiger partial charge in [0.25, 0.3) is 35.4 Å². The largest absolute Gasteiger partial charge is 0.321 e. The van der Waals surface area contributed by atoms with Gasteiger partial charge in [-0.3, -0.25) is 38.7 Å². The molecule has 0 aliphatic rings. The maximum absolute atomic E-state index is 14.3. The Morgan fingerprint density at radius 2 is 0.490 bits per heavy atom. The topological polar surface area (TPSA) is 239 Å². The molecule has 17 heteroatoms. The molecule has 0 saturated carbocycles. The Bertz CT molecular complexity index is 4520. The lowest BCUT2D eigenvalue weighted by Gasteiger charge is -2.21. The van der Waals surface area contributed by atoms with Gasteiger partial charge < -0.3 is 31.9 Å². The van der Waals surface area contributed by atoms with Crippen LogP contribution in [0.15, 0.2) is 128 Å². The summed E-state index contributed by atoms with van der Waals surface area (Å²) in [5, 5.41) is 18.4. The highest BCUT2D eigenvalue weighted by molar-refractivity contribution is 6.09. The summed E-state index contributed by atoms with van der Waals surface area (Å²) >= 11 is 0. The normalized spacial score (nSPS) is 11.3. The molecular formula is C87H95N11O6. The average molecular weight is 1390 g/mol. The number of hydrogen-bond donors (Lipinski definition) is 6. The second kappa shape index (κ2) is 33.1. The molecule has 6 N–H and O–H groups in total. The standard InChI is InChI=1S/C87H95N11O6/c1-46(2)64-38-60(39-65(47(3)4)62(64)32-30-58-34-68(50(9)10)80(69(35-58)51(11)12)97-86(103)76-28-22-26-74(93-76)84(101)95-78-54(17)42-88-43-55(78)18)90-82(99)72-24-21-25-73(92-72)83(100)91-61-40-66(48(5)6)63(67(41-61)49(7)8)33-31-59-36-70(52(13)14)81(71(37-59)53(15)16)98-87(104)77-29-23-27-75(94-77)85(102)96-79-56(19)44-89-45-57(79)20/h21-29,34-53H,1-20H3,(H,90,99)(H,91,100)(H,97,103)(H,98,104)(H,88,95,101)(H,89,96,102). The van der Waals surface area contributed by atoms with Gasteiger partial charge in [-0.2, -0.15) is 0 Å². The third kappa shape index (κ3) is 18.1. The van der Waals surface area contributed by atoms with Gasteiger partial charge in [0, 0.05) is 81.2 Å². The highest BCUT2D eigenvalue weighted by atomic mass is 16.2. The van der Waals surface area contributed by atoms with Crippen LogP contribution in [-0.4, -0.2) is 60.4 Å². The van der Waals surface area contributed by atoms with E-state index in [9.17, 15) is 28.8 Å². The van der Waals surface area contributed by atoms with E-state index in [0.717, 1.165) is 89.0 Å². The molecule has 534 valence electrons. The van der Waals surface area contributed by atoms with E-state index < -0.39 is 35.4 Å². The van der Waals surface area contributed by atoms with Crippen LogP contribution >= 0.6 is 0 Å². The van der Waals surface area contributed by atoms with Crippen LogP contribution in [0, 0.1) is 51.4 Å². The van der Waals surface area contributed by atoms with E-state index in [1.165, 1.54) is 0 Å². The summed E-state index contributed by atoms with van der Waals surface area (Å²) in [7, 11) is 0. The second-order valence-electron chi connectivity index (χ2n) is 29.1. The number of benzene rings is 4. The summed E-state index contributed by atoms with van der Waals surface area (Å²) in [4.78, 5) is 106. The van der Waals surface area contributed by atoms with Crippen LogP contribution in [0.1, 0.15) is 310 Å². The number of nitrogens with zero attached hydrogens (tertiary/aromatic N) is 5. The number of pyridine rings is 5. The van der Waals surface area contributed by atoms with Gasteiger partial charge in [-0.05, 0) is 227 Å². The minimum atomic E-state index is -0.487. The van der Waals surface area contributed by atoms with Crippen molar-refractivity contribution in [3.05, 3.63) is 251 Å². The van der Waals surface area contributed by atoms with Crippen molar-refractivity contribution in [3.63, 3.8) is 0 Å². The van der Waals surface area contributed by atoms with E-state index in [4.69, 9.17) is 0 Å². The number of amides is 6. The molecule has 0 aliphatic carbocycles. The fourth-order valence-electron chi connectivity index (χ4n) is 12.5. The SMILES string of the molecule is Cc1cncc(C)c1NC(=O)c1cccc(C(=O)Nc2c(C(C)C)cc(C#Cc3c(C(C)C)cc(NC(=O)c4cccc(C(=O)Nc5cc(C(C)C)c(C#Cc6cc(C(C)C)c(NC(=O)c7cccc(C(=O)Nc8c(C)cncc8C)n7)c(C(C)C)c6)c(C(C)C)c5)n4)cc3C(C)C)cc2C(C)C)n1. The zero-order valence-corrected chi connectivity index (χ0v) is 63.4. The summed E-state index contributed by atoms with van der Waals surface area (Å²) in [5.74, 6) is 11.3. The van der Waals surface area contributed by atoms with Gasteiger partial charge in [-0.15, -0.1) is 0 Å². The molecule has 9 rings (SSSR count). The molecule has 6 amide bonds. The second-order valence-corrected chi connectivity index (χ2v) is 29.1. The Hall–Kier alpha value is -11.4. The Morgan fingerprint density at radius 1 is 0.279 bits per heavy atom. The van der Waals surface area contributed by atoms with Crippen LogP contribution in [0.3, 0.4) is 0 Å². The lowest BCUT2D eigenvalue weighted by Crippen LogP contribution is -2.20. The number of anilines is 6. The number of nitrogens with one attached hydrogen (secondary N) is 6. The molecule has 4 aromatic carbocycles. The van der Waals surface area contributed by atoms with E-state index in [2.05, 4.69) is 191 Å². The molecule has 0 atom stereocenters. The Balaban J connectivity index is 0.928. The van der Waals surface area contributed by atoms with Gasteiger partial charge in [0.05, 0.1) is 0 Å². The van der Waals surface area contributed by atoms with Gasteiger partial charge in [0.2, 0.25) is 0 Å². The first kappa shape index (κ1) is 76.7. The first-order valence-electron chi connectivity index (χ1n) is 35.7. The summed E-state index contributed by atoms with van der Waals surface area (Å²) in [5.41, 5.74) is 18.1. The minimum Gasteiger partial charge on any atom is -0.321 e. The lowest BCUT2D eigenvalue weighted by molar-refractivity contribution is 0.0998. The average Bonchev–Trinajstić information content (AvgIpc) is 0.800. The van der Waals surface area contributed by atoms with Gasteiger partial charge >= 0.3 is 0 Å². The molecule has 0 aliphatic heterocycles. The van der Waals surface area contributed by atoms with Crippen LogP contribution in [0.5, 0.6) is 0 Å². The number of aromatic nitrogens is 5. The fourth-order valence-corrected chi connectivity index (χ4v) is 12.5. The molecule has 5 heterocycles. The number of carbonyl (C=O) groups excluding carboxylic acids is 6. The summed E-state index contributed by atoms with van der Waals surface area (Å²) in [6, 6.07) is 30.3. The fraction of sp³-hybridized carbons (Fsp3) is 0.322. The van der Waals surface area contributed by atoms with Gasteiger partial charge in [-0.1, -0.05) is 153 Å². The van der Waals surface area contributed by atoms with Crippen molar-refractivity contribution in [2.45, 2.75) is 186 Å². The van der Waals surface area contributed by atoms with Crippen molar-refractivity contribution < 1.29 is 28.8 Å². The zero-order chi connectivity index (χ0) is 75.7. The molecule has 0 unspecified atom stereocenters. The van der Waals surface area contributed by atoms with Crippen LogP contribution in [-0.2, 0) is 0 Å². The molecule has 0 radical (unpaired) electrons. The van der Waals surface area contributed by atoms with Gasteiger partial charge in [0.15, 0.2) is 0 Å². The minimum absolute atomic E-state index is 0.00733. The Morgan fingerprint density at radius 3 is 0.712 bits per heavy atom. The van der Waals surface area contributed by atoms with Crippen LogP contribution < -0.4 is 31.9 Å². The molecular weight excluding hydrogens is 1300 g/mol. The van der Waals surface area contributed by atoms with Crippen molar-refractivity contribution in [1.29, 1.82) is 0 Å². The maximum Gasteiger partial charge on any atom is 0.274 e. The van der Waals surface area contributed by atoms with Crippen molar-refractivity contribution in [1.82, 2.24) is 24.9 Å². The van der Waals surface area contributed by atoms with E-state index in [1.807, 2.05) is 76.2 Å². The Labute approximate surface area is 612 Å². The van der Waals surface area contributed by atoms with Crippen LogP contribution in [0.2, 0.25) is 0 Å². The van der Waals surface area contributed by atoms with E-state index in [1.54, 1.807) is 79.4 Å². The van der Waals surface area contributed by atoms with Gasteiger partial charge in [-0.25, -0.2) is 15.0 Å². The quantitative estimate of drug-likeness (QED) is 0.0392. The summed E-state index contributed by atoms with van der Waals surface area (Å²) in [6.07, 6.45) is 6.71. The highest BCUT2D eigenvalue weighted by Gasteiger charge is 2.26. The third-order valence-corrected chi connectivity index (χ3v) is 18.2. The summed E-state index contributed by atoms with van der Waals surface area (Å²) in [6.45, 7) is 40.8. The molecule has 5 aromatic heterocycles. The van der Waals surface area contributed by atoms with Crippen molar-refractivity contribution in [2.24, 2.45) is 0 Å². The molecule has 0 saturated heterocycles. The number of hydrogen-bond acceptors (Lipinski definition) is 11. The van der Waals surface area contributed by atoms with Crippen molar-refractivity contribution in [3.8, 4) is 23.7 Å². The van der Waals surface area contributed by atoms with Crippen molar-refractivity contribution in [2.75, 3.05) is 31.9 Å². The Kier molecular flexibility index (Phi) is 24.4. The predicted molar refractivity (Wildman–Crippen MR) is 418 cm³/mol. The molecule has 0 bridgehead atoms. The molecule has 0 spiro atoms. The lowest BCUT2D eigenvalue weighted by atomic mass is 9.87. The molecule has 0 fully saturated rings.